The monoisotopic (exact) mass is 1120 g/mol. The molecule has 0 saturated heterocycles. The lowest BCUT2D eigenvalue weighted by atomic mass is 10.0. The average molecular weight is 1130 g/mol. The SMILES string of the molecule is CC/C=C\C/C=C\C/C=C\C/C=C\CCCCC(=O)OCC(COC(=O)CCCCCCCCCCCCCCCCCCC/C=C\C/C=C\CCCCCCC)OC(=O)CCCCCCCC/C=C\C/C=C\C/C=C\CCCCC. The maximum atomic E-state index is 12.9. The van der Waals surface area contributed by atoms with Crippen molar-refractivity contribution >= 4 is 17.9 Å². The molecule has 81 heavy (non-hydrogen) atoms. The summed E-state index contributed by atoms with van der Waals surface area (Å²) >= 11 is 0. The van der Waals surface area contributed by atoms with E-state index in [0.717, 1.165) is 116 Å². The van der Waals surface area contributed by atoms with Gasteiger partial charge in [-0.3, -0.25) is 14.4 Å². The van der Waals surface area contributed by atoms with Gasteiger partial charge in [0.15, 0.2) is 6.10 Å². The molecule has 1 atom stereocenters. The predicted octanol–water partition coefficient (Wildman–Crippen LogP) is 23.8. The normalized spacial score (nSPS) is 12.8. The van der Waals surface area contributed by atoms with E-state index in [2.05, 4.69) is 130 Å². The molecule has 0 amide bonds. The van der Waals surface area contributed by atoms with Crippen LogP contribution in [-0.2, 0) is 28.6 Å². The van der Waals surface area contributed by atoms with Crippen LogP contribution in [0.4, 0.5) is 0 Å². The molecule has 1 unspecified atom stereocenters. The van der Waals surface area contributed by atoms with Gasteiger partial charge in [0, 0.05) is 19.3 Å². The second-order valence-corrected chi connectivity index (χ2v) is 22.7. The van der Waals surface area contributed by atoms with Gasteiger partial charge >= 0.3 is 17.9 Å². The lowest BCUT2D eigenvalue weighted by Gasteiger charge is -2.18. The van der Waals surface area contributed by atoms with Crippen molar-refractivity contribution in [3.8, 4) is 0 Å². The molecule has 0 aliphatic rings. The molecule has 0 radical (unpaired) electrons. The van der Waals surface area contributed by atoms with Crippen molar-refractivity contribution in [2.45, 2.75) is 335 Å². The van der Waals surface area contributed by atoms with Gasteiger partial charge in [0.05, 0.1) is 0 Å². The van der Waals surface area contributed by atoms with Crippen LogP contribution in [0.25, 0.3) is 0 Å². The molecule has 0 aromatic carbocycles. The fraction of sp³-hybridized carbons (Fsp3) is 0.720. The number of carbonyl (C=O) groups excluding carboxylic acids is 3. The van der Waals surface area contributed by atoms with E-state index < -0.39 is 6.10 Å². The third-order valence-corrected chi connectivity index (χ3v) is 14.7. The molecule has 0 N–H and O–H groups in total. The fourth-order valence-electron chi connectivity index (χ4n) is 9.59. The largest absolute Gasteiger partial charge is 0.462 e. The van der Waals surface area contributed by atoms with Gasteiger partial charge in [-0.05, 0) is 128 Å². The van der Waals surface area contributed by atoms with Crippen molar-refractivity contribution in [1.82, 2.24) is 0 Å². The van der Waals surface area contributed by atoms with Crippen LogP contribution in [0.1, 0.15) is 329 Å². The Morgan fingerprint density at radius 3 is 0.802 bits per heavy atom. The minimum Gasteiger partial charge on any atom is -0.462 e. The minimum atomic E-state index is -0.805. The molecule has 0 spiro atoms. The van der Waals surface area contributed by atoms with Gasteiger partial charge in [0.1, 0.15) is 13.2 Å². The summed E-state index contributed by atoms with van der Waals surface area (Å²) in [5.74, 6) is -0.942. The standard InChI is InChI=1S/C75H128O6/c1-4-7-10-13-16-19-22-25-28-30-32-33-34-35-36-37-38-39-40-41-43-44-47-50-53-56-59-62-65-68-74(77)80-71-72(70-79-73(76)67-64-61-58-55-52-49-46-27-24-21-18-15-12-9-6-3)81-75(78)69-66-63-60-57-54-51-48-45-42-31-29-26-23-20-17-14-11-8-5-2/h9,12,17-18,20-22,25-27,29-30,32,42,45-46,52,55,72H,4-8,10-11,13-16,19,23-24,28,31,33-41,43-44,47-51,53-54,56-71H2,1-3H3/b12-9-,20-17-,21-18-,25-22-,29-26-,32-30-,45-42-,46-27-,55-52-. The Labute approximate surface area is 501 Å². The van der Waals surface area contributed by atoms with Crippen molar-refractivity contribution < 1.29 is 28.6 Å². The van der Waals surface area contributed by atoms with Crippen LogP contribution in [0, 0.1) is 0 Å². The summed E-state index contributed by atoms with van der Waals surface area (Å²) in [7, 11) is 0. The minimum absolute atomic E-state index is 0.0960. The Hall–Kier alpha value is -3.93. The molecule has 0 aliphatic heterocycles. The number of hydrogen-bond donors (Lipinski definition) is 0. The zero-order valence-electron chi connectivity index (χ0n) is 53.3. The highest BCUT2D eigenvalue weighted by Gasteiger charge is 2.19. The number of allylic oxidation sites excluding steroid dienone is 18. The van der Waals surface area contributed by atoms with Crippen LogP contribution in [0.3, 0.4) is 0 Å². The highest BCUT2D eigenvalue weighted by Crippen LogP contribution is 2.17. The predicted molar refractivity (Wildman–Crippen MR) is 353 cm³/mol. The molecule has 0 aromatic heterocycles. The Balaban J connectivity index is 4.31. The maximum absolute atomic E-state index is 12.9. The van der Waals surface area contributed by atoms with E-state index >= 15 is 0 Å². The molecule has 464 valence electrons. The van der Waals surface area contributed by atoms with Gasteiger partial charge in [-0.15, -0.1) is 0 Å². The molecular weight excluding hydrogens is 997 g/mol. The van der Waals surface area contributed by atoms with Crippen LogP contribution < -0.4 is 0 Å². The Morgan fingerprint density at radius 1 is 0.259 bits per heavy atom. The lowest BCUT2D eigenvalue weighted by molar-refractivity contribution is -0.167. The topological polar surface area (TPSA) is 78.9 Å². The first-order valence-electron chi connectivity index (χ1n) is 34.4. The van der Waals surface area contributed by atoms with Gasteiger partial charge in [-0.25, -0.2) is 0 Å². The molecule has 0 heterocycles. The third kappa shape index (κ3) is 66.8. The van der Waals surface area contributed by atoms with E-state index in [4.69, 9.17) is 14.2 Å². The number of ether oxygens (including phenoxy) is 3. The molecule has 0 bridgehead atoms. The smallest absolute Gasteiger partial charge is 0.306 e. The van der Waals surface area contributed by atoms with Gasteiger partial charge < -0.3 is 14.2 Å². The lowest BCUT2D eigenvalue weighted by Crippen LogP contribution is -2.30. The van der Waals surface area contributed by atoms with E-state index in [0.29, 0.717) is 19.3 Å². The summed E-state index contributed by atoms with van der Waals surface area (Å²) < 4.78 is 16.9. The number of rotatable bonds is 62. The number of esters is 3. The Bertz CT molecular complexity index is 1620. The van der Waals surface area contributed by atoms with E-state index in [1.165, 1.54) is 173 Å². The van der Waals surface area contributed by atoms with Crippen molar-refractivity contribution in [2.75, 3.05) is 13.2 Å². The van der Waals surface area contributed by atoms with Gasteiger partial charge in [0.25, 0.3) is 0 Å². The highest BCUT2D eigenvalue weighted by molar-refractivity contribution is 5.71. The highest BCUT2D eigenvalue weighted by atomic mass is 16.6. The summed E-state index contributed by atoms with van der Waals surface area (Å²) in [4.78, 5) is 38.4. The van der Waals surface area contributed by atoms with E-state index in [1.807, 2.05) is 0 Å². The van der Waals surface area contributed by atoms with Gasteiger partial charge in [0.2, 0.25) is 0 Å². The number of unbranched alkanes of at least 4 members (excludes halogenated alkanes) is 33. The van der Waals surface area contributed by atoms with Crippen LogP contribution in [0.2, 0.25) is 0 Å². The summed E-state index contributed by atoms with van der Waals surface area (Å²) in [6.07, 6.45) is 94.0. The molecule has 0 saturated carbocycles. The zero-order valence-corrected chi connectivity index (χ0v) is 53.3. The third-order valence-electron chi connectivity index (χ3n) is 14.7. The fourth-order valence-corrected chi connectivity index (χ4v) is 9.59. The van der Waals surface area contributed by atoms with Crippen LogP contribution >= 0.6 is 0 Å². The van der Waals surface area contributed by atoms with Crippen molar-refractivity contribution in [1.29, 1.82) is 0 Å². The maximum Gasteiger partial charge on any atom is 0.306 e. The number of hydrogen-bond acceptors (Lipinski definition) is 6. The molecule has 6 heteroatoms. The number of carbonyl (C=O) groups is 3. The molecule has 0 fully saturated rings. The van der Waals surface area contributed by atoms with Gasteiger partial charge in [-0.1, -0.05) is 291 Å². The van der Waals surface area contributed by atoms with E-state index in [-0.39, 0.29) is 31.1 Å². The van der Waals surface area contributed by atoms with Crippen molar-refractivity contribution in [3.05, 3.63) is 109 Å². The summed E-state index contributed by atoms with van der Waals surface area (Å²) in [5, 5.41) is 0. The van der Waals surface area contributed by atoms with Gasteiger partial charge in [-0.2, -0.15) is 0 Å². The second kappa shape index (κ2) is 68.6. The first kappa shape index (κ1) is 77.1. The van der Waals surface area contributed by atoms with Crippen LogP contribution in [0.5, 0.6) is 0 Å². The summed E-state index contributed by atoms with van der Waals surface area (Å²) in [6, 6.07) is 0. The second-order valence-electron chi connectivity index (χ2n) is 22.7. The van der Waals surface area contributed by atoms with Crippen LogP contribution in [-0.4, -0.2) is 37.2 Å². The van der Waals surface area contributed by atoms with E-state index in [9.17, 15) is 14.4 Å². The zero-order chi connectivity index (χ0) is 58.5. The Kier molecular flexibility index (Phi) is 65.2. The van der Waals surface area contributed by atoms with Crippen LogP contribution in [0.15, 0.2) is 109 Å². The summed E-state index contributed by atoms with van der Waals surface area (Å²) in [6.45, 7) is 6.47. The molecule has 6 nitrogen and oxygen atoms in total. The first-order valence-corrected chi connectivity index (χ1v) is 34.4. The van der Waals surface area contributed by atoms with Crippen molar-refractivity contribution in [3.63, 3.8) is 0 Å². The van der Waals surface area contributed by atoms with E-state index in [1.54, 1.807) is 0 Å². The molecule has 0 aromatic rings. The first-order chi connectivity index (χ1) is 40.0. The quantitative estimate of drug-likeness (QED) is 0.0261. The van der Waals surface area contributed by atoms with Crippen molar-refractivity contribution in [2.24, 2.45) is 0 Å². The average Bonchev–Trinajstić information content (AvgIpc) is 3.47. The molecule has 0 aliphatic carbocycles. The summed E-state index contributed by atoms with van der Waals surface area (Å²) in [5.41, 5.74) is 0. The molecular formula is C75H128O6. The Morgan fingerprint density at radius 2 is 0.481 bits per heavy atom. The molecule has 0 rings (SSSR count).